The molecule has 1 amide bonds. The van der Waals surface area contributed by atoms with Crippen molar-refractivity contribution in [2.75, 3.05) is 20.9 Å². The lowest BCUT2D eigenvalue weighted by Gasteiger charge is -2.18. The lowest BCUT2D eigenvalue weighted by Crippen LogP contribution is -2.39. The van der Waals surface area contributed by atoms with E-state index in [1.54, 1.807) is 14.1 Å². The zero-order chi connectivity index (χ0) is 17.6. The first-order valence-electron chi connectivity index (χ1n) is 6.92. The number of ether oxygens (including phenoxy) is 2. The Labute approximate surface area is 134 Å². The molecule has 0 unspecified atom stereocenters. The Hall–Kier alpha value is -2.71. The van der Waals surface area contributed by atoms with Crippen molar-refractivity contribution >= 4 is 11.7 Å². The van der Waals surface area contributed by atoms with E-state index in [9.17, 15) is 22.8 Å². The molecule has 1 aliphatic carbocycles. The van der Waals surface area contributed by atoms with E-state index in [-0.39, 0.29) is 23.5 Å². The molecule has 0 saturated heterocycles. The van der Waals surface area contributed by atoms with Crippen LogP contribution in [0.5, 0.6) is 11.5 Å². The minimum atomic E-state index is -5.05. The van der Waals surface area contributed by atoms with Crippen LogP contribution in [0.3, 0.4) is 0 Å². The van der Waals surface area contributed by atoms with Crippen molar-refractivity contribution < 1.29 is 32.2 Å². The van der Waals surface area contributed by atoms with Crippen molar-refractivity contribution in [3.8, 4) is 11.5 Å². The Morgan fingerprint density at radius 2 is 1.92 bits per heavy atom. The molecule has 6 nitrogen and oxygen atoms in total. The van der Waals surface area contributed by atoms with Gasteiger partial charge in [-0.3, -0.25) is 9.59 Å². The number of nitrogens with one attached hydrogen (secondary N) is 1. The monoisotopic (exact) mass is 342 g/mol. The summed E-state index contributed by atoms with van der Waals surface area (Å²) >= 11 is 0. The quantitative estimate of drug-likeness (QED) is 0.830. The summed E-state index contributed by atoms with van der Waals surface area (Å²) < 4.78 is 48.2. The van der Waals surface area contributed by atoms with E-state index < -0.39 is 23.9 Å². The van der Waals surface area contributed by atoms with Gasteiger partial charge in [-0.2, -0.15) is 13.2 Å². The highest BCUT2D eigenvalue weighted by Gasteiger charge is 2.44. The maximum absolute atomic E-state index is 12.6. The van der Waals surface area contributed by atoms with Crippen LogP contribution in [-0.2, 0) is 4.79 Å². The van der Waals surface area contributed by atoms with Crippen LogP contribution >= 0.6 is 0 Å². The van der Waals surface area contributed by atoms with Crippen molar-refractivity contribution in [1.29, 1.82) is 0 Å². The third kappa shape index (κ3) is 2.66. The van der Waals surface area contributed by atoms with E-state index in [0.717, 1.165) is 0 Å². The van der Waals surface area contributed by atoms with E-state index >= 15 is 0 Å². The fourth-order valence-electron chi connectivity index (χ4n) is 2.63. The molecule has 0 saturated carbocycles. The van der Waals surface area contributed by atoms with Gasteiger partial charge >= 0.3 is 12.1 Å². The zero-order valence-corrected chi connectivity index (χ0v) is 12.7. The number of benzene rings is 1. The maximum Gasteiger partial charge on any atom is 0.471 e. The fraction of sp³-hybridized carbons (Fsp3) is 0.333. The standard InChI is InChI=1S/C15H13F3N2O4/c1-20(2)5-9-12(19-14(22)15(16,17)18)7-3-10-11(24-6-23-10)4-8(7)13(9)21/h3-5,12H,6H2,1-2H3,(H,19,22)/b9-5+/t12-/m1/s1. The topological polar surface area (TPSA) is 67.9 Å². The minimum Gasteiger partial charge on any atom is -0.454 e. The van der Waals surface area contributed by atoms with Gasteiger partial charge in [0.1, 0.15) is 0 Å². The number of hydrogen-bond donors (Lipinski definition) is 1. The predicted molar refractivity (Wildman–Crippen MR) is 75.6 cm³/mol. The summed E-state index contributed by atoms with van der Waals surface area (Å²) in [7, 11) is 3.25. The Kier molecular flexibility index (Phi) is 3.66. The summed E-state index contributed by atoms with van der Waals surface area (Å²) in [6, 6.07) is 1.63. The molecule has 1 aliphatic heterocycles. The molecule has 3 rings (SSSR count). The molecule has 1 heterocycles. The lowest BCUT2D eigenvalue weighted by atomic mass is 10.1. The Balaban J connectivity index is 2.07. The second-order valence-electron chi connectivity index (χ2n) is 5.57. The molecule has 0 bridgehead atoms. The molecule has 128 valence electrons. The summed E-state index contributed by atoms with van der Waals surface area (Å²) in [6.45, 7) is -0.0353. The van der Waals surface area contributed by atoms with Crippen LogP contribution in [0.25, 0.3) is 0 Å². The summed E-state index contributed by atoms with van der Waals surface area (Å²) in [5, 5.41) is 1.88. The van der Waals surface area contributed by atoms with Crippen molar-refractivity contribution in [3.63, 3.8) is 0 Å². The summed E-state index contributed by atoms with van der Waals surface area (Å²) in [5.74, 6) is -1.92. The van der Waals surface area contributed by atoms with E-state index in [1.165, 1.54) is 23.2 Å². The van der Waals surface area contributed by atoms with Crippen LogP contribution < -0.4 is 14.8 Å². The first-order valence-corrected chi connectivity index (χ1v) is 6.92. The highest BCUT2D eigenvalue weighted by atomic mass is 19.4. The van der Waals surface area contributed by atoms with Gasteiger partial charge in [0.05, 0.1) is 6.04 Å². The Morgan fingerprint density at radius 3 is 2.50 bits per heavy atom. The van der Waals surface area contributed by atoms with Crippen LogP contribution in [0.4, 0.5) is 13.2 Å². The highest BCUT2D eigenvalue weighted by Crippen LogP contribution is 2.44. The third-order valence-electron chi connectivity index (χ3n) is 3.60. The molecular formula is C15H13F3N2O4. The zero-order valence-electron chi connectivity index (χ0n) is 12.7. The third-order valence-corrected chi connectivity index (χ3v) is 3.60. The molecule has 0 radical (unpaired) electrons. The van der Waals surface area contributed by atoms with E-state index in [0.29, 0.717) is 11.5 Å². The van der Waals surface area contributed by atoms with E-state index in [4.69, 9.17) is 9.47 Å². The molecule has 1 aromatic rings. The number of nitrogens with zero attached hydrogens (tertiary/aromatic N) is 1. The second-order valence-corrected chi connectivity index (χ2v) is 5.57. The van der Waals surface area contributed by atoms with Gasteiger partial charge in [-0.25, -0.2) is 0 Å². The predicted octanol–water partition coefficient (Wildman–Crippen LogP) is 1.78. The number of Topliss-reactive ketones (excluding diaryl/α,β-unsaturated/α-hetero) is 1. The summed E-state index contributed by atoms with van der Waals surface area (Å²) in [4.78, 5) is 25.4. The van der Waals surface area contributed by atoms with Crippen LogP contribution in [0.2, 0.25) is 0 Å². The van der Waals surface area contributed by atoms with Gasteiger partial charge in [-0.05, 0) is 17.7 Å². The average molecular weight is 342 g/mol. The molecule has 1 atom stereocenters. The number of fused-ring (bicyclic) bond motifs is 2. The number of hydrogen-bond acceptors (Lipinski definition) is 5. The maximum atomic E-state index is 12.6. The molecule has 24 heavy (non-hydrogen) atoms. The first-order chi connectivity index (χ1) is 11.2. The van der Waals surface area contributed by atoms with E-state index in [2.05, 4.69) is 0 Å². The average Bonchev–Trinajstić information content (AvgIpc) is 3.02. The van der Waals surface area contributed by atoms with Gasteiger partial charge < -0.3 is 19.7 Å². The minimum absolute atomic E-state index is 0.0353. The van der Waals surface area contributed by atoms with Crippen LogP contribution in [0, 0.1) is 0 Å². The number of carbonyl (C=O) groups is 2. The van der Waals surface area contributed by atoms with Crippen LogP contribution in [0.15, 0.2) is 23.9 Å². The number of halogens is 3. The highest BCUT2D eigenvalue weighted by molar-refractivity contribution is 6.15. The van der Waals surface area contributed by atoms with Crippen LogP contribution in [-0.4, -0.2) is 43.7 Å². The number of ketones is 1. The van der Waals surface area contributed by atoms with Crippen molar-refractivity contribution in [2.45, 2.75) is 12.2 Å². The number of rotatable bonds is 2. The molecule has 0 fully saturated rings. The van der Waals surface area contributed by atoms with Crippen molar-refractivity contribution in [2.24, 2.45) is 0 Å². The molecular weight excluding hydrogens is 329 g/mol. The number of amides is 1. The number of carbonyl (C=O) groups excluding carboxylic acids is 2. The summed E-state index contributed by atoms with van der Waals surface area (Å²) in [6.07, 6.45) is -3.66. The smallest absolute Gasteiger partial charge is 0.454 e. The fourth-order valence-corrected chi connectivity index (χ4v) is 2.63. The molecule has 9 heteroatoms. The molecule has 0 aromatic heterocycles. The molecule has 1 aromatic carbocycles. The van der Waals surface area contributed by atoms with Crippen molar-refractivity contribution in [3.05, 3.63) is 35.0 Å². The second kappa shape index (κ2) is 5.43. The summed E-state index contributed by atoms with van der Waals surface area (Å²) in [5.41, 5.74) is 0.464. The van der Waals surface area contributed by atoms with Gasteiger partial charge in [0.25, 0.3) is 0 Å². The normalized spacial score (nSPS) is 20.3. The molecule has 0 spiro atoms. The lowest BCUT2D eigenvalue weighted by molar-refractivity contribution is -0.174. The van der Waals surface area contributed by atoms with Gasteiger partial charge in [0.2, 0.25) is 6.79 Å². The van der Waals surface area contributed by atoms with Crippen LogP contribution in [0.1, 0.15) is 22.0 Å². The Morgan fingerprint density at radius 1 is 1.29 bits per heavy atom. The molecule has 1 N–H and O–H groups in total. The number of alkyl halides is 3. The van der Waals surface area contributed by atoms with Gasteiger partial charge in [0.15, 0.2) is 17.3 Å². The SMILES string of the molecule is CN(C)/C=C1/C(=O)c2cc3c(cc2[C@H]1NC(=O)C(F)(F)F)OCO3. The van der Waals surface area contributed by atoms with E-state index in [1.807, 2.05) is 5.32 Å². The largest absolute Gasteiger partial charge is 0.471 e. The molecule has 2 aliphatic rings. The van der Waals surface area contributed by atoms with Gasteiger partial charge in [-0.15, -0.1) is 0 Å². The van der Waals surface area contributed by atoms with Crippen molar-refractivity contribution in [1.82, 2.24) is 10.2 Å². The van der Waals surface area contributed by atoms with Gasteiger partial charge in [-0.1, -0.05) is 0 Å². The first kappa shape index (κ1) is 16.2. The Bertz CT molecular complexity index is 756. The van der Waals surface area contributed by atoms with Gasteiger partial charge in [0, 0.05) is 31.4 Å².